The van der Waals surface area contributed by atoms with Gasteiger partial charge in [-0.25, -0.2) is 9.37 Å². The Balaban J connectivity index is 2.01. The van der Waals surface area contributed by atoms with Crippen LogP contribution in [-0.4, -0.2) is 18.6 Å². The summed E-state index contributed by atoms with van der Waals surface area (Å²) in [5, 5.41) is 3.05. The molecule has 0 saturated carbocycles. The molecule has 0 aliphatic rings. The molecular formula is C13H15FN2O. The van der Waals surface area contributed by atoms with Crippen molar-refractivity contribution in [2.75, 3.05) is 13.6 Å². The summed E-state index contributed by atoms with van der Waals surface area (Å²) in [4.78, 5) is 4.34. The molecule has 1 heterocycles. The largest absolute Gasteiger partial charge is 0.448 e. The smallest absolute Gasteiger partial charge is 0.198 e. The second-order valence-corrected chi connectivity index (χ2v) is 3.89. The molecule has 2 rings (SSSR count). The highest BCUT2D eigenvalue weighted by molar-refractivity contribution is 5.19. The molecule has 90 valence electrons. The molecule has 0 fully saturated rings. The van der Waals surface area contributed by atoms with Crippen LogP contribution in [0, 0.1) is 5.82 Å². The first-order valence-electron chi connectivity index (χ1n) is 5.60. The highest BCUT2D eigenvalue weighted by Crippen LogP contribution is 2.11. The summed E-state index contributed by atoms with van der Waals surface area (Å²) in [5.41, 5.74) is 1.79. The number of oxazole rings is 1. The fourth-order valence-electron chi connectivity index (χ4n) is 1.62. The summed E-state index contributed by atoms with van der Waals surface area (Å²) in [6.07, 6.45) is 3.02. The average Bonchev–Trinajstić information content (AvgIpc) is 2.74. The highest BCUT2D eigenvalue weighted by Gasteiger charge is 2.05. The van der Waals surface area contributed by atoms with Crippen molar-refractivity contribution in [3.8, 4) is 0 Å². The zero-order chi connectivity index (χ0) is 12.1. The van der Waals surface area contributed by atoms with Gasteiger partial charge in [0.05, 0.1) is 5.69 Å². The predicted molar refractivity (Wildman–Crippen MR) is 63.3 cm³/mol. The first kappa shape index (κ1) is 11.8. The van der Waals surface area contributed by atoms with E-state index in [1.54, 1.807) is 12.3 Å². The lowest BCUT2D eigenvalue weighted by atomic mass is 10.1. The van der Waals surface area contributed by atoms with Crippen molar-refractivity contribution < 1.29 is 8.81 Å². The Morgan fingerprint density at radius 3 is 3.06 bits per heavy atom. The summed E-state index contributed by atoms with van der Waals surface area (Å²) >= 11 is 0. The van der Waals surface area contributed by atoms with Crippen molar-refractivity contribution in [2.24, 2.45) is 0 Å². The molecule has 0 aliphatic carbocycles. The number of hydrogen-bond acceptors (Lipinski definition) is 3. The number of nitrogens with one attached hydrogen (secondary N) is 1. The summed E-state index contributed by atoms with van der Waals surface area (Å²) in [5.74, 6) is 0.395. The van der Waals surface area contributed by atoms with E-state index >= 15 is 0 Å². The molecule has 0 saturated heterocycles. The molecular weight excluding hydrogens is 219 g/mol. The second kappa shape index (κ2) is 5.59. The normalized spacial score (nSPS) is 10.7. The predicted octanol–water partition coefficient (Wildman–Crippen LogP) is 2.17. The maximum atomic E-state index is 13.0. The minimum absolute atomic E-state index is 0.232. The number of halogens is 1. The molecule has 1 aromatic carbocycles. The lowest BCUT2D eigenvalue weighted by molar-refractivity contribution is 0.505. The van der Waals surface area contributed by atoms with Crippen LogP contribution in [0.2, 0.25) is 0 Å². The van der Waals surface area contributed by atoms with E-state index in [4.69, 9.17) is 4.42 Å². The van der Waals surface area contributed by atoms with Crippen LogP contribution in [0.1, 0.15) is 17.1 Å². The Labute approximate surface area is 99.7 Å². The molecule has 4 heteroatoms. The summed E-state index contributed by atoms with van der Waals surface area (Å²) < 4.78 is 18.3. The molecule has 1 aromatic heterocycles. The van der Waals surface area contributed by atoms with Gasteiger partial charge in [-0.2, -0.15) is 0 Å². The lowest BCUT2D eigenvalue weighted by Gasteiger charge is -1.97. The molecule has 3 nitrogen and oxygen atoms in total. The van der Waals surface area contributed by atoms with Crippen molar-refractivity contribution >= 4 is 0 Å². The monoisotopic (exact) mass is 234 g/mol. The van der Waals surface area contributed by atoms with Gasteiger partial charge in [0.1, 0.15) is 12.1 Å². The molecule has 0 aliphatic heterocycles. The van der Waals surface area contributed by atoms with E-state index in [0.29, 0.717) is 12.3 Å². The van der Waals surface area contributed by atoms with Gasteiger partial charge in [-0.3, -0.25) is 0 Å². The highest BCUT2D eigenvalue weighted by atomic mass is 19.1. The molecule has 17 heavy (non-hydrogen) atoms. The molecule has 1 N–H and O–H groups in total. The van der Waals surface area contributed by atoms with Crippen LogP contribution in [0.4, 0.5) is 4.39 Å². The number of nitrogens with zero attached hydrogens (tertiary/aromatic N) is 1. The second-order valence-electron chi connectivity index (χ2n) is 3.89. The first-order chi connectivity index (χ1) is 8.28. The molecule has 0 spiro atoms. The molecule has 2 aromatic rings. The summed E-state index contributed by atoms with van der Waals surface area (Å²) in [6, 6.07) is 6.48. The molecule has 0 atom stereocenters. The van der Waals surface area contributed by atoms with Gasteiger partial charge in [0.2, 0.25) is 0 Å². The maximum Gasteiger partial charge on any atom is 0.198 e. The third-order valence-electron chi connectivity index (χ3n) is 2.47. The van der Waals surface area contributed by atoms with Gasteiger partial charge < -0.3 is 9.73 Å². The standard InChI is InChI=1S/C13H15FN2O/c1-15-6-5-12-9-17-13(16-12)8-10-3-2-4-11(14)7-10/h2-4,7,9,15H,5-6,8H2,1H3. The van der Waals surface area contributed by atoms with Crippen LogP contribution in [0.25, 0.3) is 0 Å². The van der Waals surface area contributed by atoms with Gasteiger partial charge in [-0.1, -0.05) is 12.1 Å². The Kier molecular flexibility index (Phi) is 3.88. The van der Waals surface area contributed by atoms with Crippen LogP contribution in [0.3, 0.4) is 0 Å². The van der Waals surface area contributed by atoms with Crippen molar-refractivity contribution in [3.63, 3.8) is 0 Å². The van der Waals surface area contributed by atoms with Crippen LogP contribution >= 0.6 is 0 Å². The van der Waals surface area contributed by atoms with Gasteiger partial charge in [0, 0.05) is 19.4 Å². The van der Waals surface area contributed by atoms with E-state index in [9.17, 15) is 4.39 Å². The molecule has 0 amide bonds. The fraction of sp³-hybridized carbons (Fsp3) is 0.308. The summed E-state index contributed by atoms with van der Waals surface area (Å²) in [7, 11) is 1.90. The van der Waals surface area contributed by atoms with Gasteiger partial charge in [-0.15, -0.1) is 0 Å². The number of rotatable bonds is 5. The van der Waals surface area contributed by atoms with E-state index in [2.05, 4.69) is 10.3 Å². The number of benzene rings is 1. The number of likely N-dealkylation sites (N-methyl/N-ethyl adjacent to an activating group) is 1. The topological polar surface area (TPSA) is 38.1 Å². The Morgan fingerprint density at radius 2 is 2.29 bits per heavy atom. The third-order valence-corrected chi connectivity index (χ3v) is 2.47. The van der Waals surface area contributed by atoms with Crippen LogP contribution in [0.15, 0.2) is 34.9 Å². The quantitative estimate of drug-likeness (QED) is 0.861. The SMILES string of the molecule is CNCCc1coc(Cc2cccc(F)c2)n1. The average molecular weight is 234 g/mol. The van der Waals surface area contributed by atoms with E-state index in [1.807, 2.05) is 13.1 Å². The Hall–Kier alpha value is -1.68. The first-order valence-corrected chi connectivity index (χ1v) is 5.60. The third kappa shape index (κ3) is 3.39. The van der Waals surface area contributed by atoms with Crippen LogP contribution in [0.5, 0.6) is 0 Å². The van der Waals surface area contributed by atoms with Crippen molar-refractivity contribution in [2.45, 2.75) is 12.8 Å². The van der Waals surface area contributed by atoms with Crippen molar-refractivity contribution in [1.82, 2.24) is 10.3 Å². The maximum absolute atomic E-state index is 13.0. The number of hydrogen-bond donors (Lipinski definition) is 1. The van der Waals surface area contributed by atoms with Crippen molar-refractivity contribution in [3.05, 3.63) is 53.5 Å². The molecule has 0 radical (unpaired) electrons. The van der Waals surface area contributed by atoms with Gasteiger partial charge >= 0.3 is 0 Å². The zero-order valence-electron chi connectivity index (χ0n) is 9.74. The van der Waals surface area contributed by atoms with Crippen LogP contribution in [-0.2, 0) is 12.8 Å². The zero-order valence-corrected chi connectivity index (χ0v) is 9.74. The minimum Gasteiger partial charge on any atom is -0.448 e. The van der Waals surface area contributed by atoms with Crippen LogP contribution < -0.4 is 5.32 Å². The summed E-state index contributed by atoms with van der Waals surface area (Å²) in [6.45, 7) is 0.867. The number of aromatic nitrogens is 1. The van der Waals surface area contributed by atoms with Gasteiger partial charge in [-0.05, 0) is 24.7 Å². The fourth-order valence-corrected chi connectivity index (χ4v) is 1.62. The minimum atomic E-state index is -0.232. The molecule has 0 bridgehead atoms. The van der Waals surface area contributed by atoms with Gasteiger partial charge in [0.25, 0.3) is 0 Å². The van der Waals surface area contributed by atoms with Gasteiger partial charge in [0.15, 0.2) is 5.89 Å². The Bertz CT molecular complexity index is 482. The van der Waals surface area contributed by atoms with Crippen molar-refractivity contribution in [1.29, 1.82) is 0 Å². The lowest BCUT2D eigenvalue weighted by Crippen LogP contribution is -2.10. The van der Waals surface area contributed by atoms with E-state index in [-0.39, 0.29) is 5.82 Å². The van der Waals surface area contributed by atoms with E-state index in [1.165, 1.54) is 12.1 Å². The Morgan fingerprint density at radius 1 is 1.41 bits per heavy atom. The molecule has 0 unspecified atom stereocenters. The van der Waals surface area contributed by atoms with E-state index < -0.39 is 0 Å². The van der Waals surface area contributed by atoms with E-state index in [0.717, 1.165) is 24.2 Å².